The van der Waals surface area contributed by atoms with Crippen LogP contribution < -0.4 is 5.32 Å². The van der Waals surface area contributed by atoms with E-state index in [-0.39, 0.29) is 32.8 Å². The number of anilines is 1. The molecule has 0 aliphatic heterocycles. The van der Waals surface area contributed by atoms with Crippen molar-refractivity contribution >= 4 is 40.4 Å². The Morgan fingerprint density at radius 1 is 1.16 bits per heavy atom. The number of para-hydroxylation sites is 1. The van der Waals surface area contributed by atoms with E-state index in [1.165, 1.54) is 25.1 Å². The molecule has 2 heterocycles. The molecular formula is C16H10Cl2F3N3O. The number of alkyl halides is 3. The van der Waals surface area contributed by atoms with Crippen LogP contribution in [-0.2, 0) is 6.18 Å². The van der Waals surface area contributed by atoms with Crippen LogP contribution in [-0.4, -0.2) is 15.3 Å². The molecule has 0 fully saturated rings. The van der Waals surface area contributed by atoms with Gasteiger partial charge in [0.25, 0.3) is 5.91 Å². The third-order valence-electron chi connectivity index (χ3n) is 3.54. The largest absolute Gasteiger partial charge is 0.417 e. The van der Waals surface area contributed by atoms with Gasteiger partial charge in [-0.25, -0.2) is 4.98 Å². The molecule has 3 aromatic rings. The van der Waals surface area contributed by atoms with E-state index in [9.17, 15) is 18.0 Å². The Hall–Kier alpha value is -2.25. The van der Waals surface area contributed by atoms with Crippen LogP contribution in [0.2, 0.25) is 10.0 Å². The van der Waals surface area contributed by atoms with Crippen molar-refractivity contribution in [2.24, 2.45) is 0 Å². The molecule has 0 aliphatic carbocycles. The van der Waals surface area contributed by atoms with Crippen LogP contribution in [0.1, 0.15) is 21.7 Å². The molecule has 0 saturated carbocycles. The molecule has 25 heavy (non-hydrogen) atoms. The summed E-state index contributed by atoms with van der Waals surface area (Å²) in [5, 5.41) is 2.95. The highest BCUT2D eigenvalue weighted by Gasteiger charge is 2.31. The predicted molar refractivity (Wildman–Crippen MR) is 89.3 cm³/mol. The van der Waals surface area contributed by atoms with Gasteiger partial charge in [0.05, 0.1) is 27.0 Å². The van der Waals surface area contributed by atoms with Crippen molar-refractivity contribution in [3.63, 3.8) is 0 Å². The molecule has 9 heteroatoms. The lowest BCUT2D eigenvalue weighted by Crippen LogP contribution is -2.17. The number of amides is 1. The summed E-state index contributed by atoms with van der Waals surface area (Å²) in [7, 11) is 0. The fraction of sp³-hybridized carbons (Fsp3) is 0.125. The maximum Gasteiger partial charge on any atom is 0.417 e. The van der Waals surface area contributed by atoms with Gasteiger partial charge in [-0.15, -0.1) is 0 Å². The van der Waals surface area contributed by atoms with Crippen molar-refractivity contribution in [1.82, 2.24) is 9.38 Å². The van der Waals surface area contributed by atoms with Crippen molar-refractivity contribution in [3.8, 4) is 0 Å². The molecule has 2 aromatic heterocycles. The van der Waals surface area contributed by atoms with Crippen molar-refractivity contribution in [3.05, 3.63) is 63.5 Å². The zero-order chi connectivity index (χ0) is 18.4. The number of fused-ring (bicyclic) bond motifs is 1. The van der Waals surface area contributed by atoms with Gasteiger partial charge in [0.1, 0.15) is 11.3 Å². The zero-order valence-corrected chi connectivity index (χ0v) is 14.2. The van der Waals surface area contributed by atoms with Crippen molar-refractivity contribution < 1.29 is 18.0 Å². The van der Waals surface area contributed by atoms with Gasteiger partial charge < -0.3 is 5.32 Å². The number of benzene rings is 1. The molecule has 0 radical (unpaired) electrons. The number of pyridine rings is 1. The maximum atomic E-state index is 12.9. The van der Waals surface area contributed by atoms with Gasteiger partial charge in [0, 0.05) is 6.20 Å². The number of nitrogens with one attached hydrogen (secondary N) is 1. The molecule has 3 rings (SSSR count). The molecule has 0 spiro atoms. The molecule has 4 nitrogen and oxygen atoms in total. The number of hydrogen-bond acceptors (Lipinski definition) is 2. The molecule has 1 N–H and O–H groups in total. The van der Waals surface area contributed by atoms with Crippen LogP contribution in [0.25, 0.3) is 5.65 Å². The normalized spacial score (nSPS) is 11.8. The van der Waals surface area contributed by atoms with Crippen LogP contribution in [0, 0.1) is 6.92 Å². The monoisotopic (exact) mass is 387 g/mol. The zero-order valence-electron chi connectivity index (χ0n) is 12.7. The van der Waals surface area contributed by atoms with Gasteiger partial charge in [-0.3, -0.25) is 9.20 Å². The average Bonchev–Trinajstić information content (AvgIpc) is 2.85. The molecule has 0 atom stereocenters. The van der Waals surface area contributed by atoms with E-state index >= 15 is 0 Å². The lowest BCUT2D eigenvalue weighted by Gasteiger charge is -2.11. The Morgan fingerprint density at radius 3 is 2.40 bits per heavy atom. The highest BCUT2D eigenvalue weighted by atomic mass is 35.5. The first-order valence-corrected chi connectivity index (χ1v) is 7.75. The second-order valence-electron chi connectivity index (χ2n) is 5.24. The number of carbonyl (C=O) groups is 1. The number of halogens is 5. The lowest BCUT2D eigenvalue weighted by atomic mass is 10.2. The van der Waals surface area contributed by atoms with Gasteiger partial charge in [0.2, 0.25) is 0 Å². The number of aryl methyl sites for hydroxylation is 1. The van der Waals surface area contributed by atoms with Crippen LogP contribution in [0.4, 0.5) is 18.9 Å². The fourth-order valence-electron chi connectivity index (χ4n) is 2.39. The highest BCUT2D eigenvalue weighted by molar-refractivity contribution is 6.40. The van der Waals surface area contributed by atoms with Gasteiger partial charge >= 0.3 is 6.18 Å². The summed E-state index contributed by atoms with van der Waals surface area (Å²) in [6, 6.07) is 6.79. The van der Waals surface area contributed by atoms with Gasteiger partial charge in [-0.1, -0.05) is 29.3 Å². The van der Waals surface area contributed by atoms with E-state index in [0.29, 0.717) is 0 Å². The average molecular weight is 388 g/mol. The molecule has 0 saturated heterocycles. The van der Waals surface area contributed by atoms with E-state index in [1.54, 1.807) is 6.07 Å². The quantitative estimate of drug-likeness (QED) is 0.654. The Balaban J connectivity index is 2.08. The molecule has 1 aromatic carbocycles. The van der Waals surface area contributed by atoms with Gasteiger partial charge in [-0.05, 0) is 31.2 Å². The number of aromatic nitrogens is 2. The van der Waals surface area contributed by atoms with E-state index in [1.807, 2.05) is 0 Å². The van der Waals surface area contributed by atoms with Crippen LogP contribution in [0.5, 0.6) is 0 Å². The summed E-state index contributed by atoms with van der Waals surface area (Å²) in [5.74, 6) is -0.667. The minimum Gasteiger partial charge on any atom is -0.318 e. The maximum absolute atomic E-state index is 12.9. The Labute approximate surface area is 150 Å². The summed E-state index contributed by atoms with van der Waals surface area (Å²) in [5.41, 5.74) is -0.239. The number of carbonyl (C=O) groups excluding carboxylic acids is 1. The van der Waals surface area contributed by atoms with Crippen LogP contribution >= 0.6 is 23.2 Å². The first-order valence-electron chi connectivity index (χ1n) is 7.00. The Kier molecular flexibility index (Phi) is 4.38. The van der Waals surface area contributed by atoms with E-state index in [4.69, 9.17) is 23.2 Å². The first-order chi connectivity index (χ1) is 11.7. The minimum absolute atomic E-state index is 0.0305. The van der Waals surface area contributed by atoms with Crippen molar-refractivity contribution in [1.29, 1.82) is 0 Å². The Morgan fingerprint density at radius 2 is 1.80 bits per heavy atom. The van der Waals surface area contributed by atoms with Gasteiger partial charge in [-0.2, -0.15) is 13.2 Å². The second-order valence-corrected chi connectivity index (χ2v) is 6.05. The molecule has 0 unspecified atom stereocenters. The number of rotatable bonds is 2. The Bertz CT molecular complexity index is 962. The third kappa shape index (κ3) is 3.29. The molecule has 130 valence electrons. The summed E-state index contributed by atoms with van der Waals surface area (Å²) in [6.07, 6.45) is -3.70. The summed E-state index contributed by atoms with van der Waals surface area (Å²) < 4.78 is 39.9. The standard InChI is InChI=1S/C16H10Cl2F3N3O/c1-8-14(15(25)23-13-10(17)3-2-4-11(13)18)24-7-9(16(19,20)21)5-6-12(24)22-8/h2-7H,1H3,(H,23,25). The van der Waals surface area contributed by atoms with Crippen LogP contribution in [0.3, 0.4) is 0 Å². The third-order valence-corrected chi connectivity index (χ3v) is 4.17. The molecular weight excluding hydrogens is 378 g/mol. The molecule has 1 amide bonds. The smallest absolute Gasteiger partial charge is 0.318 e. The van der Waals surface area contributed by atoms with Gasteiger partial charge in [0.15, 0.2) is 0 Å². The van der Waals surface area contributed by atoms with E-state index in [2.05, 4.69) is 10.3 Å². The van der Waals surface area contributed by atoms with Crippen molar-refractivity contribution in [2.45, 2.75) is 13.1 Å². The number of nitrogens with zero attached hydrogens (tertiary/aromatic N) is 2. The first kappa shape index (κ1) is 17.6. The van der Waals surface area contributed by atoms with Crippen molar-refractivity contribution in [2.75, 3.05) is 5.32 Å². The topological polar surface area (TPSA) is 46.4 Å². The molecule has 0 bridgehead atoms. The highest BCUT2D eigenvalue weighted by Crippen LogP contribution is 2.32. The number of hydrogen-bond donors (Lipinski definition) is 1. The summed E-state index contributed by atoms with van der Waals surface area (Å²) in [4.78, 5) is 16.7. The van der Waals surface area contributed by atoms with E-state index in [0.717, 1.165) is 16.7 Å². The molecule has 0 aliphatic rings. The SMILES string of the molecule is Cc1nc2ccc(C(F)(F)F)cn2c1C(=O)Nc1c(Cl)cccc1Cl. The number of imidazole rings is 1. The summed E-state index contributed by atoms with van der Waals surface area (Å²) >= 11 is 12.0. The minimum atomic E-state index is -4.54. The fourth-order valence-corrected chi connectivity index (χ4v) is 2.89. The van der Waals surface area contributed by atoms with E-state index < -0.39 is 17.6 Å². The summed E-state index contributed by atoms with van der Waals surface area (Å²) in [6.45, 7) is 1.53. The lowest BCUT2D eigenvalue weighted by molar-refractivity contribution is -0.137. The van der Waals surface area contributed by atoms with Crippen LogP contribution in [0.15, 0.2) is 36.5 Å². The predicted octanol–water partition coefficient (Wildman–Crippen LogP) is 5.22. The second kappa shape index (κ2) is 6.24.